The molecule has 0 bridgehead atoms. The number of hydrogen-bond acceptors (Lipinski definition) is 2. The molecule has 1 aliphatic carbocycles. The zero-order valence-electron chi connectivity index (χ0n) is 6.05. The highest BCUT2D eigenvalue weighted by atomic mass is 19.1. The molecule has 1 fully saturated rings. The van der Waals surface area contributed by atoms with Crippen LogP contribution < -0.4 is 5.73 Å². The first kappa shape index (κ1) is 6.58. The van der Waals surface area contributed by atoms with E-state index in [0.717, 1.165) is 18.4 Å². The van der Waals surface area contributed by atoms with Gasteiger partial charge in [-0.1, -0.05) is 0 Å². The molecule has 58 valence electrons. The Hall–Kier alpha value is -1.12. The summed E-state index contributed by atoms with van der Waals surface area (Å²) in [5.41, 5.74) is 6.02. The van der Waals surface area contributed by atoms with E-state index in [2.05, 4.69) is 4.98 Å². The number of halogens is 1. The molecule has 2 N–H and O–H groups in total. The van der Waals surface area contributed by atoms with Crippen molar-refractivity contribution in [3.63, 3.8) is 0 Å². The third-order valence-corrected chi connectivity index (χ3v) is 1.92. The first-order chi connectivity index (χ1) is 5.27. The van der Waals surface area contributed by atoms with E-state index in [1.807, 2.05) is 0 Å². The lowest BCUT2D eigenvalue weighted by Gasteiger charge is -1.99. The lowest BCUT2D eigenvalue weighted by molar-refractivity contribution is 0.609. The van der Waals surface area contributed by atoms with E-state index in [1.54, 1.807) is 6.20 Å². The monoisotopic (exact) mass is 152 g/mol. The second-order valence-electron chi connectivity index (χ2n) is 2.90. The Kier molecular flexibility index (Phi) is 1.31. The summed E-state index contributed by atoms with van der Waals surface area (Å²) in [6.45, 7) is 0. The average Bonchev–Trinajstić information content (AvgIpc) is 2.70. The Balaban J connectivity index is 2.39. The van der Waals surface area contributed by atoms with Crippen molar-refractivity contribution in [1.29, 1.82) is 0 Å². The predicted octanol–water partition coefficient (Wildman–Crippen LogP) is 1.68. The van der Waals surface area contributed by atoms with E-state index in [4.69, 9.17) is 5.73 Å². The number of hydrogen-bond donors (Lipinski definition) is 1. The van der Waals surface area contributed by atoms with Gasteiger partial charge in [-0.3, -0.25) is 0 Å². The SMILES string of the molecule is Nc1cc(F)c(C2CC2)cn1. The van der Waals surface area contributed by atoms with Gasteiger partial charge in [-0.15, -0.1) is 0 Å². The molecule has 1 aromatic rings. The van der Waals surface area contributed by atoms with Gasteiger partial charge in [0, 0.05) is 17.8 Å². The van der Waals surface area contributed by atoms with Crippen molar-refractivity contribution in [2.24, 2.45) is 0 Å². The summed E-state index contributed by atoms with van der Waals surface area (Å²) in [5, 5.41) is 0. The van der Waals surface area contributed by atoms with E-state index < -0.39 is 0 Å². The number of nitrogen functional groups attached to an aromatic ring is 1. The molecule has 11 heavy (non-hydrogen) atoms. The molecule has 0 atom stereocenters. The molecule has 0 aliphatic heterocycles. The van der Waals surface area contributed by atoms with Crippen LogP contribution >= 0.6 is 0 Å². The van der Waals surface area contributed by atoms with Crippen LogP contribution in [0.2, 0.25) is 0 Å². The van der Waals surface area contributed by atoms with E-state index in [9.17, 15) is 4.39 Å². The van der Waals surface area contributed by atoms with Crippen molar-refractivity contribution in [2.45, 2.75) is 18.8 Å². The van der Waals surface area contributed by atoms with Gasteiger partial charge < -0.3 is 5.73 Å². The smallest absolute Gasteiger partial charge is 0.131 e. The molecular weight excluding hydrogens is 143 g/mol. The largest absolute Gasteiger partial charge is 0.384 e. The summed E-state index contributed by atoms with van der Waals surface area (Å²) in [5.74, 6) is 0.454. The fourth-order valence-corrected chi connectivity index (χ4v) is 1.15. The standard InChI is InChI=1S/C8H9FN2/c9-7-3-8(10)11-4-6(7)5-1-2-5/h3-5H,1-2H2,(H2,10,11). The summed E-state index contributed by atoms with van der Waals surface area (Å²) >= 11 is 0. The average molecular weight is 152 g/mol. The Morgan fingerprint density at radius 3 is 2.82 bits per heavy atom. The van der Waals surface area contributed by atoms with Gasteiger partial charge in [0.2, 0.25) is 0 Å². The maximum absolute atomic E-state index is 13.0. The molecule has 1 aromatic heterocycles. The Morgan fingerprint density at radius 2 is 2.27 bits per heavy atom. The fraction of sp³-hybridized carbons (Fsp3) is 0.375. The van der Waals surface area contributed by atoms with Crippen LogP contribution in [0.25, 0.3) is 0 Å². The molecular formula is C8H9FN2. The Labute approximate surface area is 64.2 Å². The van der Waals surface area contributed by atoms with Crippen LogP contribution in [0, 0.1) is 5.82 Å². The molecule has 0 amide bonds. The third kappa shape index (κ3) is 1.18. The van der Waals surface area contributed by atoms with Gasteiger partial charge in [-0.25, -0.2) is 9.37 Å². The normalized spacial score (nSPS) is 16.8. The first-order valence-electron chi connectivity index (χ1n) is 3.68. The number of aromatic nitrogens is 1. The molecule has 0 radical (unpaired) electrons. The van der Waals surface area contributed by atoms with Crippen LogP contribution in [0.3, 0.4) is 0 Å². The van der Waals surface area contributed by atoms with Crippen LogP contribution in [0.1, 0.15) is 24.3 Å². The Morgan fingerprint density at radius 1 is 1.55 bits per heavy atom. The minimum atomic E-state index is -0.208. The molecule has 1 saturated carbocycles. The highest BCUT2D eigenvalue weighted by Gasteiger charge is 2.26. The summed E-state index contributed by atoms with van der Waals surface area (Å²) in [6, 6.07) is 1.29. The lowest BCUT2D eigenvalue weighted by Crippen LogP contribution is -1.94. The van der Waals surface area contributed by atoms with Crippen LogP contribution in [-0.4, -0.2) is 4.98 Å². The van der Waals surface area contributed by atoms with Crippen LogP contribution in [0.5, 0.6) is 0 Å². The van der Waals surface area contributed by atoms with Crippen molar-refractivity contribution in [3.8, 4) is 0 Å². The molecule has 0 saturated heterocycles. The number of anilines is 1. The number of pyridine rings is 1. The van der Waals surface area contributed by atoms with Gasteiger partial charge in [-0.05, 0) is 18.8 Å². The van der Waals surface area contributed by atoms with Crippen LogP contribution in [-0.2, 0) is 0 Å². The van der Waals surface area contributed by atoms with Gasteiger partial charge in [0.1, 0.15) is 11.6 Å². The topological polar surface area (TPSA) is 38.9 Å². The number of nitrogens with two attached hydrogens (primary N) is 1. The quantitative estimate of drug-likeness (QED) is 0.664. The molecule has 0 spiro atoms. The predicted molar refractivity (Wildman–Crippen MR) is 40.6 cm³/mol. The highest BCUT2D eigenvalue weighted by Crippen LogP contribution is 2.40. The first-order valence-corrected chi connectivity index (χ1v) is 3.68. The molecule has 2 nitrogen and oxygen atoms in total. The molecule has 1 aliphatic rings. The second kappa shape index (κ2) is 2.19. The van der Waals surface area contributed by atoms with Crippen molar-refractivity contribution in [2.75, 3.05) is 5.73 Å². The van der Waals surface area contributed by atoms with E-state index in [0.29, 0.717) is 5.92 Å². The maximum atomic E-state index is 13.0. The van der Waals surface area contributed by atoms with Crippen LogP contribution in [0.4, 0.5) is 10.2 Å². The van der Waals surface area contributed by atoms with Gasteiger partial charge >= 0.3 is 0 Å². The van der Waals surface area contributed by atoms with E-state index in [-0.39, 0.29) is 11.6 Å². The van der Waals surface area contributed by atoms with Crippen molar-refractivity contribution >= 4 is 5.82 Å². The fourth-order valence-electron chi connectivity index (χ4n) is 1.15. The maximum Gasteiger partial charge on any atom is 0.131 e. The molecule has 3 heteroatoms. The Bertz CT molecular complexity index is 281. The number of rotatable bonds is 1. The second-order valence-corrected chi connectivity index (χ2v) is 2.90. The minimum absolute atomic E-state index is 0.208. The molecule has 2 rings (SSSR count). The lowest BCUT2D eigenvalue weighted by atomic mass is 10.2. The minimum Gasteiger partial charge on any atom is -0.384 e. The van der Waals surface area contributed by atoms with E-state index >= 15 is 0 Å². The summed E-state index contributed by atoms with van der Waals surface area (Å²) < 4.78 is 13.0. The van der Waals surface area contributed by atoms with Crippen LogP contribution in [0.15, 0.2) is 12.3 Å². The zero-order valence-corrected chi connectivity index (χ0v) is 6.05. The summed E-state index contributed by atoms with van der Waals surface area (Å²) in [4.78, 5) is 3.84. The van der Waals surface area contributed by atoms with Gasteiger partial charge in [-0.2, -0.15) is 0 Å². The van der Waals surface area contributed by atoms with Crippen molar-refractivity contribution in [3.05, 3.63) is 23.6 Å². The molecule has 0 unspecified atom stereocenters. The van der Waals surface area contributed by atoms with E-state index in [1.165, 1.54) is 6.07 Å². The number of nitrogens with zero attached hydrogens (tertiary/aromatic N) is 1. The van der Waals surface area contributed by atoms with Crippen molar-refractivity contribution in [1.82, 2.24) is 4.98 Å². The van der Waals surface area contributed by atoms with Gasteiger partial charge in [0.15, 0.2) is 0 Å². The zero-order chi connectivity index (χ0) is 7.84. The third-order valence-electron chi connectivity index (χ3n) is 1.92. The van der Waals surface area contributed by atoms with Crippen molar-refractivity contribution < 1.29 is 4.39 Å². The molecule has 1 heterocycles. The highest BCUT2D eigenvalue weighted by molar-refractivity contribution is 5.33. The van der Waals surface area contributed by atoms with Gasteiger partial charge in [0.25, 0.3) is 0 Å². The van der Waals surface area contributed by atoms with Gasteiger partial charge in [0.05, 0.1) is 0 Å². The summed E-state index contributed by atoms with van der Waals surface area (Å²) in [7, 11) is 0. The molecule has 0 aromatic carbocycles. The summed E-state index contributed by atoms with van der Waals surface area (Å²) in [6.07, 6.45) is 3.72.